The van der Waals surface area contributed by atoms with Crippen molar-refractivity contribution in [1.29, 1.82) is 0 Å². The number of benzene rings is 1. The SMILES string of the molecule is NCc1cccc(-c2coc(NC(N)=NCCc3ccccc3)n2)n1. The van der Waals surface area contributed by atoms with Gasteiger partial charge in [-0.25, -0.2) is 4.98 Å². The van der Waals surface area contributed by atoms with Crippen molar-refractivity contribution in [3.8, 4) is 11.4 Å². The molecule has 7 heteroatoms. The Labute approximate surface area is 145 Å². The molecule has 128 valence electrons. The molecule has 0 unspecified atom stereocenters. The number of oxazole rings is 1. The van der Waals surface area contributed by atoms with Crippen molar-refractivity contribution < 1.29 is 4.42 Å². The molecule has 5 N–H and O–H groups in total. The highest BCUT2D eigenvalue weighted by Gasteiger charge is 2.08. The summed E-state index contributed by atoms with van der Waals surface area (Å²) in [4.78, 5) is 13.0. The average molecular weight is 336 g/mol. The van der Waals surface area contributed by atoms with E-state index in [4.69, 9.17) is 15.9 Å². The number of pyridine rings is 1. The Morgan fingerprint density at radius 1 is 1.04 bits per heavy atom. The van der Waals surface area contributed by atoms with Crippen molar-refractivity contribution in [2.45, 2.75) is 13.0 Å². The number of rotatable bonds is 6. The standard InChI is InChI=1S/C18H20N6O/c19-11-14-7-4-8-15(22-14)16-12-25-18(23-16)24-17(20)21-10-9-13-5-2-1-3-6-13/h1-8,12H,9-11,19H2,(H3,20,21,23,24). The van der Waals surface area contributed by atoms with Crippen molar-refractivity contribution in [3.63, 3.8) is 0 Å². The molecular formula is C18H20N6O. The lowest BCUT2D eigenvalue weighted by molar-refractivity contribution is 0.579. The minimum atomic E-state index is 0.257. The van der Waals surface area contributed by atoms with E-state index in [9.17, 15) is 0 Å². The highest BCUT2D eigenvalue weighted by atomic mass is 16.4. The van der Waals surface area contributed by atoms with Crippen LogP contribution in [0.3, 0.4) is 0 Å². The van der Waals surface area contributed by atoms with Gasteiger partial charge in [-0.05, 0) is 24.1 Å². The van der Waals surface area contributed by atoms with Gasteiger partial charge in [-0.1, -0.05) is 36.4 Å². The van der Waals surface area contributed by atoms with E-state index in [1.165, 1.54) is 11.8 Å². The van der Waals surface area contributed by atoms with Crippen molar-refractivity contribution in [1.82, 2.24) is 9.97 Å². The molecule has 0 fully saturated rings. The third-order valence-corrected chi connectivity index (χ3v) is 3.54. The number of anilines is 1. The third kappa shape index (κ3) is 4.65. The number of guanidine groups is 1. The normalized spacial score (nSPS) is 11.5. The van der Waals surface area contributed by atoms with E-state index in [1.54, 1.807) is 0 Å². The molecule has 25 heavy (non-hydrogen) atoms. The van der Waals surface area contributed by atoms with Gasteiger partial charge in [0.05, 0.1) is 11.4 Å². The Hall–Kier alpha value is -3.19. The van der Waals surface area contributed by atoms with Gasteiger partial charge in [-0.3, -0.25) is 10.3 Å². The Morgan fingerprint density at radius 3 is 2.68 bits per heavy atom. The summed E-state index contributed by atoms with van der Waals surface area (Å²) in [6.45, 7) is 0.953. The van der Waals surface area contributed by atoms with Crippen LogP contribution in [0, 0.1) is 0 Å². The molecule has 2 aromatic heterocycles. The zero-order chi connectivity index (χ0) is 17.5. The number of hydrogen-bond donors (Lipinski definition) is 3. The van der Waals surface area contributed by atoms with Crippen LogP contribution in [0.25, 0.3) is 11.4 Å². The van der Waals surface area contributed by atoms with E-state index in [0.717, 1.165) is 12.1 Å². The van der Waals surface area contributed by atoms with Gasteiger partial charge in [0.25, 0.3) is 0 Å². The van der Waals surface area contributed by atoms with Crippen LogP contribution in [0.1, 0.15) is 11.3 Å². The van der Waals surface area contributed by atoms with Crippen LogP contribution in [0.2, 0.25) is 0 Å². The largest absolute Gasteiger partial charge is 0.431 e. The fourth-order valence-electron chi connectivity index (χ4n) is 2.28. The summed E-state index contributed by atoms with van der Waals surface area (Å²) in [7, 11) is 0. The van der Waals surface area contributed by atoms with Crippen LogP contribution in [0.5, 0.6) is 0 Å². The van der Waals surface area contributed by atoms with Gasteiger partial charge >= 0.3 is 6.01 Å². The summed E-state index contributed by atoms with van der Waals surface area (Å²) >= 11 is 0. The van der Waals surface area contributed by atoms with Gasteiger partial charge in [-0.2, -0.15) is 4.98 Å². The predicted molar refractivity (Wildman–Crippen MR) is 97.9 cm³/mol. The maximum absolute atomic E-state index is 5.87. The molecule has 0 saturated heterocycles. The number of aliphatic imine (C=N–C) groups is 1. The Bertz CT molecular complexity index is 844. The first-order valence-electron chi connectivity index (χ1n) is 7.97. The number of nitrogens with one attached hydrogen (secondary N) is 1. The van der Waals surface area contributed by atoms with Gasteiger partial charge < -0.3 is 15.9 Å². The van der Waals surface area contributed by atoms with Crippen molar-refractivity contribution in [2.75, 3.05) is 11.9 Å². The number of aromatic nitrogens is 2. The predicted octanol–water partition coefficient (Wildman–Crippen LogP) is 2.16. The quantitative estimate of drug-likeness (QED) is 0.469. The molecule has 2 heterocycles. The zero-order valence-corrected chi connectivity index (χ0v) is 13.7. The van der Waals surface area contributed by atoms with E-state index in [1.807, 2.05) is 36.4 Å². The second-order valence-corrected chi connectivity index (χ2v) is 5.38. The molecule has 3 aromatic rings. The molecule has 0 aliphatic carbocycles. The lowest BCUT2D eigenvalue weighted by Gasteiger charge is -2.01. The summed E-state index contributed by atoms with van der Waals surface area (Å²) in [5, 5.41) is 2.84. The van der Waals surface area contributed by atoms with Gasteiger partial charge in [0.2, 0.25) is 0 Å². The molecule has 7 nitrogen and oxygen atoms in total. The average Bonchev–Trinajstić information content (AvgIpc) is 3.11. The number of hydrogen-bond acceptors (Lipinski definition) is 5. The monoisotopic (exact) mass is 336 g/mol. The molecule has 1 aromatic carbocycles. The second kappa shape index (κ2) is 8.07. The minimum absolute atomic E-state index is 0.257. The number of nitrogens with two attached hydrogens (primary N) is 2. The second-order valence-electron chi connectivity index (χ2n) is 5.38. The van der Waals surface area contributed by atoms with Crippen LogP contribution in [0.4, 0.5) is 6.01 Å². The van der Waals surface area contributed by atoms with Crippen molar-refractivity contribution >= 4 is 12.0 Å². The first kappa shape index (κ1) is 16.7. The van der Waals surface area contributed by atoms with E-state index in [2.05, 4.69) is 32.4 Å². The molecule has 0 aliphatic rings. The molecule has 0 atom stereocenters. The van der Waals surface area contributed by atoms with Crippen LogP contribution in [-0.4, -0.2) is 22.5 Å². The fourth-order valence-corrected chi connectivity index (χ4v) is 2.28. The van der Waals surface area contributed by atoms with Gasteiger partial charge in [-0.15, -0.1) is 0 Å². The summed E-state index contributed by atoms with van der Waals surface area (Å²) in [5.41, 5.74) is 14.8. The zero-order valence-electron chi connectivity index (χ0n) is 13.7. The van der Waals surface area contributed by atoms with E-state index >= 15 is 0 Å². The Morgan fingerprint density at radius 2 is 1.88 bits per heavy atom. The van der Waals surface area contributed by atoms with Crippen LogP contribution in [-0.2, 0) is 13.0 Å². The topological polar surface area (TPSA) is 115 Å². The number of nitrogens with zero attached hydrogens (tertiary/aromatic N) is 3. The fraction of sp³-hybridized carbons (Fsp3) is 0.167. The minimum Gasteiger partial charge on any atom is -0.431 e. The summed E-state index contributed by atoms with van der Waals surface area (Å²) in [6, 6.07) is 16.0. The van der Waals surface area contributed by atoms with Gasteiger partial charge in [0.1, 0.15) is 12.0 Å². The van der Waals surface area contributed by atoms with Crippen molar-refractivity contribution in [2.24, 2.45) is 16.5 Å². The molecule has 0 bridgehead atoms. The molecule has 0 aliphatic heterocycles. The summed E-state index contributed by atoms with van der Waals surface area (Å²) < 4.78 is 5.37. The first-order valence-corrected chi connectivity index (χ1v) is 7.97. The summed E-state index contributed by atoms with van der Waals surface area (Å²) in [6.07, 6.45) is 2.33. The van der Waals surface area contributed by atoms with Gasteiger partial charge in [0, 0.05) is 13.1 Å². The maximum Gasteiger partial charge on any atom is 0.302 e. The van der Waals surface area contributed by atoms with Crippen LogP contribution in [0.15, 0.2) is 64.2 Å². The Balaban J connectivity index is 1.59. The van der Waals surface area contributed by atoms with Gasteiger partial charge in [0.15, 0.2) is 5.96 Å². The Kier molecular flexibility index (Phi) is 5.38. The lowest BCUT2D eigenvalue weighted by Crippen LogP contribution is -2.23. The van der Waals surface area contributed by atoms with E-state index in [0.29, 0.717) is 24.5 Å². The molecular weight excluding hydrogens is 316 g/mol. The lowest BCUT2D eigenvalue weighted by atomic mass is 10.2. The molecule has 0 spiro atoms. The highest BCUT2D eigenvalue weighted by Crippen LogP contribution is 2.18. The maximum atomic E-state index is 5.87. The summed E-state index contributed by atoms with van der Waals surface area (Å²) in [5.74, 6) is 0.257. The van der Waals surface area contributed by atoms with Crippen molar-refractivity contribution in [3.05, 3.63) is 66.1 Å². The third-order valence-electron chi connectivity index (χ3n) is 3.54. The smallest absolute Gasteiger partial charge is 0.302 e. The van der Waals surface area contributed by atoms with Crippen LogP contribution < -0.4 is 16.8 Å². The molecule has 3 rings (SSSR count). The molecule has 0 radical (unpaired) electrons. The van der Waals surface area contributed by atoms with E-state index in [-0.39, 0.29) is 12.0 Å². The van der Waals surface area contributed by atoms with Crippen LogP contribution >= 0.6 is 0 Å². The molecule has 0 amide bonds. The van der Waals surface area contributed by atoms with E-state index < -0.39 is 0 Å². The molecule has 0 saturated carbocycles. The highest BCUT2D eigenvalue weighted by molar-refractivity contribution is 5.90. The first-order chi connectivity index (χ1) is 12.2.